The largest absolute Gasteiger partial charge is 0.222 e. The molecule has 0 amide bonds. The predicted molar refractivity (Wildman–Crippen MR) is 65.2 cm³/mol. The molecule has 17 heavy (non-hydrogen) atoms. The van der Waals surface area contributed by atoms with E-state index in [1.165, 1.54) is 25.0 Å². The number of hydrogen-bond acceptors (Lipinski definition) is 1. The van der Waals surface area contributed by atoms with Gasteiger partial charge in [0.05, 0.1) is 11.4 Å². The van der Waals surface area contributed by atoms with Crippen molar-refractivity contribution in [3.8, 4) is 5.69 Å². The quantitative estimate of drug-likeness (QED) is 0.757. The monoisotopic (exact) mass is 250 g/mol. The molecule has 0 saturated heterocycles. The second-order valence-electron chi connectivity index (χ2n) is 4.31. The van der Waals surface area contributed by atoms with Crippen LogP contribution in [0.3, 0.4) is 0 Å². The van der Waals surface area contributed by atoms with Gasteiger partial charge in [0, 0.05) is 5.56 Å². The zero-order valence-corrected chi connectivity index (χ0v) is 10.0. The van der Waals surface area contributed by atoms with Crippen molar-refractivity contribution in [2.24, 2.45) is 0 Å². The molecule has 1 aromatic heterocycles. The lowest BCUT2D eigenvalue weighted by molar-refractivity contribution is 0.627. The first-order valence-corrected chi connectivity index (χ1v) is 6.16. The molecule has 0 atom stereocenters. The molecule has 1 aliphatic carbocycles. The average molecular weight is 251 g/mol. The van der Waals surface area contributed by atoms with E-state index in [0.29, 0.717) is 5.15 Å². The van der Waals surface area contributed by atoms with Crippen LogP contribution in [0.1, 0.15) is 24.1 Å². The molecule has 1 aromatic carbocycles. The molecule has 3 rings (SSSR count). The van der Waals surface area contributed by atoms with Crippen LogP contribution in [-0.4, -0.2) is 9.78 Å². The van der Waals surface area contributed by atoms with Crippen LogP contribution < -0.4 is 0 Å². The van der Waals surface area contributed by atoms with Crippen molar-refractivity contribution in [1.82, 2.24) is 9.78 Å². The van der Waals surface area contributed by atoms with Crippen molar-refractivity contribution in [2.75, 3.05) is 0 Å². The molecule has 0 saturated carbocycles. The maximum absolute atomic E-state index is 12.9. The fourth-order valence-corrected chi connectivity index (χ4v) is 2.61. The molecule has 2 nitrogen and oxygen atoms in total. The van der Waals surface area contributed by atoms with E-state index >= 15 is 0 Å². The fraction of sp³-hybridized carbons (Fsp3) is 0.308. The van der Waals surface area contributed by atoms with Gasteiger partial charge in [0.25, 0.3) is 0 Å². The Bertz CT molecular complexity index is 545. The summed E-state index contributed by atoms with van der Waals surface area (Å²) in [5, 5.41) is 5.19. The highest BCUT2D eigenvalue weighted by Crippen LogP contribution is 2.29. The Morgan fingerprint density at radius 3 is 2.53 bits per heavy atom. The van der Waals surface area contributed by atoms with Crippen LogP contribution in [0.5, 0.6) is 0 Å². The van der Waals surface area contributed by atoms with Crippen LogP contribution in [0.25, 0.3) is 5.69 Å². The van der Waals surface area contributed by atoms with E-state index in [4.69, 9.17) is 11.6 Å². The van der Waals surface area contributed by atoms with E-state index in [9.17, 15) is 4.39 Å². The van der Waals surface area contributed by atoms with Crippen molar-refractivity contribution in [2.45, 2.75) is 25.7 Å². The summed E-state index contributed by atoms with van der Waals surface area (Å²) in [6, 6.07) is 6.23. The number of hydrogen-bond donors (Lipinski definition) is 0. The van der Waals surface area contributed by atoms with E-state index in [2.05, 4.69) is 5.10 Å². The van der Waals surface area contributed by atoms with Gasteiger partial charge >= 0.3 is 0 Å². The number of benzene rings is 1. The first kappa shape index (κ1) is 10.8. The lowest BCUT2D eigenvalue weighted by Gasteiger charge is -2.07. The Labute approximate surface area is 104 Å². The van der Waals surface area contributed by atoms with E-state index in [1.807, 2.05) is 0 Å². The Kier molecular flexibility index (Phi) is 2.63. The third-order valence-corrected chi connectivity index (χ3v) is 3.55. The highest BCUT2D eigenvalue weighted by atomic mass is 35.5. The van der Waals surface area contributed by atoms with Gasteiger partial charge in [-0.25, -0.2) is 9.07 Å². The van der Waals surface area contributed by atoms with E-state index in [1.54, 1.807) is 16.8 Å². The molecule has 2 aromatic rings. The maximum atomic E-state index is 12.9. The number of nitrogens with zero attached hydrogens (tertiary/aromatic N) is 2. The zero-order chi connectivity index (χ0) is 11.8. The van der Waals surface area contributed by atoms with Crippen molar-refractivity contribution < 1.29 is 4.39 Å². The molecular weight excluding hydrogens is 239 g/mol. The van der Waals surface area contributed by atoms with Gasteiger partial charge in [0.15, 0.2) is 0 Å². The molecule has 1 aliphatic rings. The second kappa shape index (κ2) is 4.15. The van der Waals surface area contributed by atoms with Gasteiger partial charge in [0.1, 0.15) is 11.0 Å². The van der Waals surface area contributed by atoms with Crippen LogP contribution in [0.4, 0.5) is 4.39 Å². The Morgan fingerprint density at radius 2 is 1.82 bits per heavy atom. The average Bonchev–Trinajstić information content (AvgIpc) is 2.69. The van der Waals surface area contributed by atoms with Crippen molar-refractivity contribution in [1.29, 1.82) is 0 Å². The van der Waals surface area contributed by atoms with Gasteiger partial charge in [-0.2, -0.15) is 5.10 Å². The van der Waals surface area contributed by atoms with Crippen LogP contribution in [0.2, 0.25) is 5.15 Å². The fourth-order valence-electron chi connectivity index (χ4n) is 2.27. The van der Waals surface area contributed by atoms with Crippen LogP contribution in [0, 0.1) is 5.82 Å². The number of aryl methyl sites for hydroxylation is 1. The van der Waals surface area contributed by atoms with Gasteiger partial charge in [-0.1, -0.05) is 11.6 Å². The Morgan fingerprint density at radius 1 is 1.12 bits per heavy atom. The minimum Gasteiger partial charge on any atom is -0.222 e. The van der Waals surface area contributed by atoms with Crippen LogP contribution >= 0.6 is 11.6 Å². The zero-order valence-electron chi connectivity index (χ0n) is 9.29. The maximum Gasteiger partial charge on any atom is 0.136 e. The molecule has 0 bridgehead atoms. The molecule has 88 valence electrons. The van der Waals surface area contributed by atoms with E-state index < -0.39 is 0 Å². The van der Waals surface area contributed by atoms with Crippen molar-refractivity contribution >= 4 is 11.6 Å². The third kappa shape index (κ3) is 1.84. The molecule has 0 aliphatic heterocycles. The molecule has 0 N–H and O–H groups in total. The Balaban J connectivity index is 2.09. The molecule has 0 unspecified atom stereocenters. The van der Waals surface area contributed by atoms with Gasteiger partial charge in [-0.3, -0.25) is 0 Å². The first-order chi connectivity index (χ1) is 8.25. The van der Waals surface area contributed by atoms with Crippen LogP contribution in [-0.2, 0) is 12.8 Å². The summed E-state index contributed by atoms with van der Waals surface area (Å²) in [5.74, 6) is -0.248. The number of halogens is 2. The first-order valence-electron chi connectivity index (χ1n) is 5.78. The molecule has 0 fully saturated rings. The Hall–Kier alpha value is -1.35. The number of aromatic nitrogens is 2. The summed E-state index contributed by atoms with van der Waals surface area (Å²) >= 11 is 6.32. The smallest absolute Gasteiger partial charge is 0.136 e. The molecule has 4 heteroatoms. The van der Waals surface area contributed by atoms with Crippen LogP contribution in [0.15, 0.2) is 24.3 Å². The molecule has 1 heterocycles. The van der Waals surface area contributed by atoms with Crippen molar-refractivity contribution in [3.05, 3.63) is 46.5 Å². The van der Waals surface area contributed by atoms with E-state index in [0.717, 1.165) is 29.8 Å². The SMILES string of the molecule is Fc1ccc(-n2nc3c(c2Cl)CCCC3)cc1. The summed E-state index contributed by atoms with van der Waals surface area (Å²) in [5.41, 5.74) is 3.05. The number of fused-ring (bicyclic) bond motifs is 1. The minimum atomic E-state index is -0.248. The normalized spacial score (nSPS) is 14.7. The third-order valence-electron chi connectivity index (χ3n) is 3.17. The highest BCUT2D eigenvalue weighted by molar-refractivity contribution is 6.30. The second-order valence-corrected chi connectivity index (χ2v) is 4.67. The lowest BCUT2D eigenvalue weighted by atomic mass is 9.99. The minimum absolute atomic E-state index is 0.248. The standard InChI is InChI=1S/C13H12ClFN2/c14-13-11-3-1-2-4-12(11)16-17(13)10-7-5-9(15)6-8-10/h5-8H,1-4H2. The highest BCUT2D eigenvalue weighted by Gasteiger charge is 2.19. The summed E-state index contributed by atoms with van der Waals surface area (Å²) in [4.78, 5) is 0. The van der Waals surface area contributed by atoms with E-state index in [-0.39, 0.29) is 5.82 Å². The molecule has 0 spiro atoms. The van der Waals surface area contributed by atoms with Gasteiger partial charge in [-0.15, -0.1) is 0 Å². The number of rotatable bonds is 1. The molecular formula is C13H12ClFN2. The van der Waals surface area contributed by atoms with Gasteiger partial charge in [0.2, 0.25) is 0 Å². The predicted octanol–water partition coefficient (Wildman–Crippen LogP) is 3.54. The van der Waals surface area contributed by atoms with Gasteiger partial charge < -0.3 is 0 Å². The lowest BCUT2D eigenvalue weighted by Crippen LogP contribution is -2.00. The van der Waals surface area contributed by atoms with Crippen molar-refractivity contribution in [3.63, 3.8) is 0 Å². The van der Waals surface area contributed by atoms with Gasteiger partial charge in [-0.05, 0) is 49.9 Å². The molecule has 0 radical (unpaired) electrons. The summed E-state index contributed by atoms with van der Waals surface area (Å²) in [6.07, 6.45) is 4.32. The topological polar surface area (TPSA) is 17.8 Å². The summed E-state index contributed by atoms with van der Waals surface area (Å²) in [6.45, 7) is 0. The summed E-state index contributed by atoms with van der Waals surface area (Å²) < 4.78 is 14.6. The summed E-state index contributed by atoms with van der Waals surface area (Å²) in [7, 11) is 0.